The molecule has 3 rings (SSSR count). The average Bonchev–Trinajstić information content (AvgIpc) is 2.73. The molecule has 7 heteroatoms. The molecule has 1 amide bonds. The number of aromatic nitrogens is 2. The minimum absolute atomic E-state index is 0.275. The van der Waals surface area contributed by atoms with Crippen LogP contribution in [0.5, 0.6) is 11.5 Å². The molecule has 0 aliphatic heterocycles. The van der Waals surface area contributed by atoms with Crippen molar-refractivity contribution in [3.05, 3.63) is 71.7 Å². The molecule has 1 N–H and O–H groups in total. The van der Waals surface area contributed by atoms with Gasteiger partial charge in [0.15, 0.2) is 0 Å². The number of carbonyl (C=O) groups excluding carboxylic acids is 1. The van der Waals surface area contributed by atoms with Crippen LogP contribution in [0.3, 0.4) is 0 Å². The third-order valence-corrected chi connectivity index (χ3v) is 4.37. The number of anilines is 2. The number of ether oxygens (including phenoxy) is 2. The number of hydrogen-bond acceptors (Lipinski definition) is 6. The van der Waals surface area contributed by atoms with Crippen molar-refractivity contribution in [1.29, 1.82) is 0 Å². The van der Waals surface area contributed by atoms with Gasteiger partial charge in [0, 0.05) is 25.7 Å². The molecule has 1 heterocycles. The molecular formula is C22H24N4O3. The van der Waals surface area contributed by atoms with E-state index in [0.717, 1.165) is 5.56 Å². The lowest BCUT2D eigenvalue weighted by Gasteiger charge is -2.19. The van der Waals surface area contributed by atoms with E-state index in [9.17, 15) is 4.79 Å². The van der Waals surface area contributed by atoms with E-state index in [1.165, 1.54) is 0 Å². The van der Waals surface area contributed by atoms with Gasteiger partial charge >= 0.3 is 0 Å². The van der Waals surface area contributed by atoms with Gasteiger partial charge in [0.2, 0.25) is 0 Å². The molecule has 2 aromatic carbocycles. The maximum absolute atomic E-state index is 12.9. The van der Waals surface area contributed by atoms with Crippen LogP contribution in [-0.2, 0) is 6.54 Å². The van der Waals surface area contributed by atoms with E-state index < -0.39 is 0 Å². The van der Waals surface area contributed by atoms with E-state index in [2.05, 4.69) is 15.3 Å². The number of rotatable bonds is 7. The highest BCUT2D eigenvalue weighted by Crippen LogP contribution is 2.29. The zero-order chi connectivity index (χ0) is 20.8. The Morgan fingerprint density at radius 2 is 1.79 bits per heavy atom. The topological polar surface area (TPSA) is 76.6 Å². The first-order chi connectivity index (χ1) is 14.0. The van der Waals surface area contributed by atoms with Gasteiger partial charge in [-0.15, -0.1) is 0 Å². The zero-order valence-corrected chi connectivity index (χ0v) is 17.0. The van der Waals surface area contributed by atoms with Crippen LogP contribution in [0.25, 0.3) is 0 Å². The van der Waals surface area contributed by atoms with Gasteiger partial charge in [0.25, 0.3) is 5.91 Å². The van der Waals surface area contributed by atoms with Gasteiger partial charge in [0.05, 0.1) is 19.9 Å². The summed E-state index contributed by atoms with van der Waals surface area (Å²) in [4.78, 5) is 23.6. The van der Waals surface area contributed by atoms with E-state index in [1.807, 2.05) is 42.3 Å². The van der Waals surface area contributed by atoms with Crippen LogP contribution in [0.4, 0.5) is 11.5 Å². The molecule has 150 valence electrons. The molecule has 0 fully saturated rings. The summed E-state index contributed by atoms with van der Waals surface area (Å²) >= 11 is 0. The molecule has 1 aromatic heterocycles. The van der Waals surface area contributed by atoms with E-state index in [1.54, 1.807) is 45.4 Å². The monoisotopic (exact) mass is 392 g/mol. The number of nitrogens with zero attached hydrogens (tertiary/aromatic N) is 3. The first kappa shape index (κ1) is 20.1. The van der Waals surface area contributed by atoms with Crippen LogP contribution in [0.15, 0.2) is 54.6 Å². The minimum Gasteiger partial charge on any atom is -0.497 e. The largest absolute Gasteiger partial charge is 0.497 e. The van der Waals surface area contributed by atoms with Crippen molar-refractivity contribution in [2.75, 3.05) is 31.5 Å². The lowest BCUT2D eigenvalue weighted by molar-refractivity contribution is 0.102. The van der Waals surface area contributed by atoms with Gasteiger partial charge in [-0.1, -0.05) is 30.3 Å². The van der Waals surface area contributed by atoms with Crippen molar-refractivity contribution in [3.63, 3.8) is 0 Å². The van der Waals surface area contributed by atoms with E-state index in [0.29, 0.717) is 35.4 Å². The summed E-state index contributed by atoms with van der Waals surface area (Å²) in [5.74, 6) is 1.99. The summed E-state index contributed by atoms with van der Waals surface area (Å²) < 4.78 is 10.6. The Hall–Kier alpha value is -3.61. The number of benzene rings is 2. The fourth-order valence-corrected chi connectivity index (χ4v) is 2.90. The summed E-state index contributed by atoms with van der Waals surface area (Å²) in [7, 11) is 5.04. The normalized spacial score (nSPS) is 10.3. The van der Waals surface area contributed by atoms with Crippen LogP contribution in [0.1, 0.15) is 21.9 Å². The van der Waals surface area contributed by atoms with Crippen LogP contribution >= 0.6 is 0 Å². The summed E-state index contributed by atoms with van der Waals surface area (Å²) in [5.41, 5.74) is 1.93. The number of aryl methyl sites for hydroxylation is 1. The third-order valence-electron chi connectivity index (χ3n) is 4.37. The Balaban J connectivity index is 1.83. The predicted octanol–water partition coefficient (Wildman–Crippen LogP) is 3.69. The molecule has 0 bridgehead atoms. The molecule has 0 saturated heterocycles. The summed E-state index contributed by atoms with van der Waals surface area (Å²) in [6.45, 7) is 2.44. The number of carbonyl (C=O) groups is 1. The summed E-state index contributed by atoms with van der Waals surface area (Å²) in [5, 5.41) is 2.84. The van der Waals surface area contributed by atoms with E-state index in [-0.39, 0.29) is 11.6 Å². The predicted molar refractivity (Wildman–Crippen MR) is 113 cm³/mol. The molecule has 0 radical (unpaired) electrons. The second-order valence-corrected chi connectivity index (χ2v) is 6.52. The minimum atomic E-state index is -0.351. The standard InChI is InChI=1S/C22H24N4O3/c1-15-23-19(13-21(24-15)26(2)14-16-8-6-5-7-9-16)22(27)25-18-12-17(28-3)10-11-20(18)29-4/h5-13H,14H2,1-4H3,(H,25,27). The van der Waals surface area contributed by atoms with Gasteiger partial charge in [-0.25, -0.2) is 9.97 Å². The molecular weight excluding hydrogens is 368 g/mol. The van der Waals surface area contributed by atoms with Crippen LogP contribution in [0, 0.1) is 6.92 Å². The number of methoxy groups -OCH3 is 2. The Labute approximate surface area is 170 Å². The zero-order valence-electron chi connectivity index (χ0n) is 17.0. The number of nitrogens with one attached hydrogen (secondary N) is 1. The van der Waals surface area contributed by atoms with E-state index >= 15 is 0 Å². The molecule has 0 saturated carbocycles. The molecule has 0 spiro atoms. The van der Waals surface area contributed by atoms with Crippen LogP contribution < -0.4 is 19.7 Å². The Morgan fingerprint density at radius 1 is 1.03 bits per heavy atom. The molecule has 3 aromatic rings. The first-order valence-corrected chi connectivity index (χ1v) is 9.14. The summed E-state index contributed by atoms with van der Waals surface area (Å²) in [6.07, 6.45) is 0. The molecule has 0 unspecified atom stereocenters. The summed E-state index contributed by atoms with van der Waals surface area (Å²) in [6, 6.07) is 16.9. The van der Waals surface area contributed by atoms with E-state index in [4.69, 9.17) is 9.47 Å². The van der Waals surface area contributed by atoms with Crippen molar-refractivity contribution in [2.45, 2.75) is 13.5 Å². The van der Waals surface area contributed by atoms with Gasteiger partial charge in [-0.2, -0.15) is 0 Å². The fourth-order valence-electron chi connectivity index (χ4n) is 2.90. The molecule has 7 nitrogen and oxygen atoms in total. The van der Waals surface area contributed by atoms with Gasteiger partial charge < -0.3 is 19.7 Å². The maximum atomic E-state index is 12.9. The van der Waals surface area contributed by atoms with Crippen LogP contribution in [-0.4, -0.2) is 37.1 Å². The fraction of sp³-hybridized carbons (Fsp3) is 0.227. The van der Waals surface area contributed by atoms with Gasteiger partial charge in [-0.05, 0) is 24.6 Å². The average molecular weight is 392 g/mol. The highest BCUT2D eigenvalue weighted by Gasteiger charge is 2.15. The lowest BCUT2D eigenvalue weighted by Crippen LogP contribution is -2.21. The first-order valence-electron chi connectivity index (χ1n) is 9.14. The molecule has 29 heavy (non-hydrogen) atoms. The van der Waals surface area contributed by atoms with Gasteiger partial charge in [-0.3, -0.25) is 4.79 Å². The van der Waals surface area contributed by atoms with Crippen molar-refractivity contribution >= 4 is 17.4 Å². The van der Waals surface area contributed by atoms with Crippen LogP contribution in [0.2, 0.25) is 0 Å². The molecule has 0 aliphatic rings. The van der Waals surface area contributed by atoms with Gasteiger partial charge in [0.1, 0.15) is 28.8 Å². The Kier molecular flexibility index (Phi) is 6.29. The number of amides is 1. The van der Waals surface area contributed by atoms with Crippen molar-refractivity contribution in [3.8, 4) is 11.5 Å². The Bertz CT molecular complexity index is 993. The maximum Gasteiger partial charge on any atom is 0.274 e. The highest BCUT2D eigenvalue weighted by molar-refractivity contribution is 6.04. The smallest absolute Gasteiger partial charge is 0.274 e. The number of hydrogen-bond donors (Lipinski definition) is 1. The highest BCUT2D eigenvalue weighted by atomic mass is 16.5. The second-order valence-electron chi connectivity index (χ2n) is 6.52. The van der Waals surface area contributed by atoms with Crippen molar-refractivity contribution in [2.24, 2.45) is 0 Å². The third kappa shape index (κ3) is 5.01. The second kappa shape index (κ2) is 9.05. The van der Waals surface area contributed by atoms with Crippen molar-refractivity contribution < 1.29 is 14.3 Å². The quantitative estimate of drug-likeness (QED) is 0.661. The molecule has 0 atom stereocenters. The van der Waals surface area contributed by atoms with Crippen molar-refractivity contribution in [1.82, 2.24) is 9.97 Å². The Morgan fingerprint density at radius 3 is 2.48 bits per heavy atom. The lowest BCUT2D eigenvalue weighted by atomic mass is 10.2. The SMILES string of the molecule is COc1ccc(OC)c(NC(=O)c2cc(N(C)Cc3ccccc3)nc(C)n2)c1. The molecule has 0 aliphatic carbocycles.